The molecule has 4 nitrogen and oxygen atoms in total. The van der Waals surface area contributed by atoms with Gasteiger partial charge in [0.05, 0.1) is 5.69 Å². The fraction of sp³-hybridized carbons (Fsp3) is 0.286. The van der Waals surface area contributed by atoms with Gasteiger partial charge < -0.3 is 15.2 Å². The smallest absolute Gasteiger partial charge is 0.490 e. The van der Waals surface area contributed by atoms with E-state index >= 15 is 0 Å². The van der Waals surface area contributed by atoms with Gasteiger partial charge in [-0.15, -0.1) is 0 Å². The van der Waals surface area contributed by atoms with Crippen molar-refractivity contribution in [2.24, 2.45) is 0 Å². The molecule has 1 heterocycles. The van der Waals surface area contributed by atoms with Crippen molar-refractivity contribution in [3.05, 3.63) is 18.0 Å². The van der Waals surface area contributed by atoms with E-state index in [0.29, 0.717) is 12.1 Å². The average molecular weight is 167 g/mol. The lowest BCUT2D eigenvalue weighted by Crippen LogP contribution is -2.30. The summed E-state index contributed by atoms with van der Waals surface area (Å²) in [5.74, 6) is 0.00287. The van der Waals surface area contributed by atoms with Crippen molar-refractivity contribution in [3.63, 3.8) is 0 Å². The molecular formula is C7H10BNO3. The summed E-state index contributed by atoms with van der Waals surface area (Å²) < 4.78 is 0. The monoisotopic (exact) mass is 167 g/mol. The van der Waals surface area contributed by atoms with Gasteiger partial charge in [-0.1, -0.05) is 6.92 Å². The fourth-order valence-electron chi connectivity index (χ4n) is 0.911. The van der Waals surface area contributed by atoms with E-state index in [-0.39, 0.29) is 11.2 Å². The normalized spacial score (nSPS) is 9.92. The maximum absolute atomic E-state index is 9.26. The van der Waals surface area contributed by atoms with Gasteiger partial charge in [-0.05, 0) is 12.5 Å². The predicted octanol–water partition coefficient (Wildman–Crippen LogP) is -0.971. The zero-order valence-corrected chi connectivity index (χ0v) is 6.73. The maximum atomic E-state index is 9.26. The Morgan fingerprint density at radius 1 is 1.50 bits per heavy atom. The van der Waals surface area contributed by atoms with Crippen LogP contribution in [-0.2, 0) is 6.42 Å². The van der Waals surface area contributed by atoms with E-state index in [2.05, 4.69) is 4.98 Å². The van der Waals surface area contributed by atoms with E-state index in [1.807, 2.05) is 6.92 Å². The van der Waals surface area contributed by atoms with Gasteiger partial charge in [-0.25, -0.2) is 0 Å². The van der Waals surface area contributed by atoms with Gasteiger partial charge in [0, 0.05) is 11.7 Å². The Morgan fingerprint density at radius 3 is 2.58 bits per heavy atom. The number of aromatic nitrogens is 1. The molecule has 0 aliphatic rings. The molecule has 0 saturated carbocycles. The summed E-state index contributed by atoms with van der Waals surface area (Å²) in [6.07, 6.45) is 1.96. The van der Waals surface area contributed by atoms with Crippen LogP contribution in [0.3, 0.4) is 0 Å². The Kier molecular flexibility index (Phi) is 2.67. The first kappa shape index (κ1) is 9.03. The molecule has 64 valence electrons. The molecule has 0 aliphatic carbocycles. The van der Waals surface area contributed by atoms with Crippen molar-refractivity contribution < 1.29 is 15.2 Å². The molecule has 0 atom stereocenters. The number of nitrogens with zero attached hydrogens (tertiary/aromatic N) is 1. The minimum Gasteiger partial charge on any atom is -0.506 e. The van der Waals surface area contributed by atoms with Crippen LogP contribution >= 0.6 is 0 Å². The Bertz CT molecular complexity index is 277. The maximum Gasteiger partial charge on any atom is 0.490 e. The molecule has 0 bridgehead atoms. The Hall–Kier alpha value is -1.07. The first-order valence-electron chi connectivity index (χ1n) is 3.69. The molecule has 0 radical (unpaired) electrons. The van der Waals surface area contributed by atoms with Crippen LogP contribution in [0.4, 0.5) is 0 Å². The second-order valence-corrected chi connectivity index (χ2v) is 2.46. The van der Waals surface area contributed by atoms with Crippen LogP contribution in [0, 0.1) is 0 Å². The van der Waals surface area contributed by atoms with Crippen molar-refractivity contribution in [1.82, 2.24) is 4.98 Å². The second kappa shape index (κ2) is 3.56. The number of aryl methyl sites for hydroxylation is 1. The highest BCUT2D eigenvalue weighted by atomic mass is 16.4. The van der Waals surface area contributed by atoms with Crippen LogP contribution in [0.1, 0.15) is 12.6 Å². The summed E-state index contributed by atoms with van der Waals surface area (Å²) in [4.78, 5) is 3.85. The van der Waals surface area contributed by atoms with Crippen molar-refractivity contribution >= 4 is 12.6 Å². The standard InChI is InChI=1S/C7H10BNO3/c1-2-6-7(10)3-5(4-9-6)8(11)12/h3-4,10-12H,2H2,1H3. The Morgan fingerprint density at radius 2 is 2.17 bits per heavy atom. The SMILES string of the molecule is CCc1ncc(B(O)O)cc1O. The van der Waals surface area contributed by atoms with E-state index in [9.17, 15) is 5.11 Å². The largest absolute Gasteiger partial charge is 0.506 e. The topological polar surface area (TPSA) is 73.6 Å². The lowest BCUT2D eigenvalue weighted by Gasteiger charge is -2.02. The van der Waals surface area contributed by atoms with Crippen LogP contribution in [-0.4, -0.2) is 27.3 Å². The summed E-state index contributed by atoms with van der Waals surface area (Å²) in [5, 5.41) is 26.7. The average Bonchev–Trinajstić information content (AvgIpc) is 2.04. The lowest BCUT2D eigenvalue weighted by molar-refractivity contribution is 0.424. The van der Waals surface area contributed by atoms with Gasteiger partial charge in [0.2, 0.25) is 0 Å². The first-order chi connectivity index (χ1) is 5.65. The van der Waals surface area contributed by atoms with Gasteiger partial charge in [-0.3, -0.25) is 4.98 Å². The molecule has 0 amide bonds. The van der Waals surface area contributed by atoms with Crippen molar-refractivity contribution in [1.29, 1.82) is 0 Å². The molecule has 0 saturated heterocycles. The molecule has 12 heavy (non-hydrogen) atoms. The third-order valence-corrected chi connectivity index (χ3v) is 1.60. The highest BCUT2D eigenvalue weighted by Crippen LogP contribution is 2.11. The van der Waals surface area contributed by atoms with Gasteiger partial charge in [0.25, 0.3) is 0 Å². The number of rotatable bonds is 2. The number of hydrogen-bond acceptors (Lipinski definition) is 4. The van der Waals surface area contributed by atoms with E-state index in [1.165, 1.54) is 12.3 Å². The van der Waals surface area contributed by atoms with Crippen molar-refractivity contribution in [2.75, 3.05) is 0 Å². The molecule has 0 unspecified atom stereocenters. The van der Waals surface area contributed by atoms with Crippen LogP contribution < -0.4 is 5.46 Å². The highest BCUT2D eigenvalue weighted by molar-refractivity contribution is 6.58. The van der Waals surface area contributed by atoms with Crippen molar-refractivity contribution in [2.45, 2.75) is 13.3 Å². The van der Waals surface area contributed by atoms with Crippen LogP contribution in [0.5, 0.6) is 5.75 Å². The van der Waals surface area contributed by atoms with E-state index in [1.54, 1.807) is 0 Å². The quantitative estimate of drug-likeness (QED) is 0.495. The Balaban J connectivity index is 3.02. The second-order valence-electron chi connectivity index (χ2n) is 2.46. The fourth-order valence-corrected chi connectivity index (χ4v) is 0.911. The summed E-state index contributed by atoms with van der Waals surface area (Å²) in [6.45, 7) is 1.86. The van der Waals surface area contributed by atoms with Gasteiger partial charge in [0.1, 0.15) is 5.75 Å². The lowest BCUT2D eigenvalue weighted by atomic mass is 9.81. The molecular weight excluding hydrogens is 157 g/mol. The summed E-state index contributed by atoms with van der Waals surface area (Å²) in [5.41, 5.74) is 0.754. The molecule has 1 rings (SSSR count). The highest BCUT2D eigenvalue weighted by Gasteiger charge is 2.13. The minimum atomic E-state index is -1.57. The van der Waals surface area contributed by atoms with E-state index in [0.717, 1.165) is 0 Å². The molecule has 3 N–H and O–H groups in total. The third-order valence-electron chi connectivity index (χ3n) is 1.60. The third kappa shape index (κ3) is 1.75. The molecule has 0 spiro atoms. The summed E-state index contributed by atoms with van der Waals surface area (Å²) >= 11 is 0. The first-order valence-corrected chi connectivity index (χ1v) is 3.69. The van der Waals surface area contributed by atoms with Gasteiger partial charge in [0.15, 0.2) is 0 Å². The molecule has 1 aromatic rings. The molecule has 5 heteroatoms. The zero-order chi connectivity index (χ0) is 9.14. The number of pyridine rings is 1. The Labute approximate surface area is 70.7 Å². The number of aromatic hydroxyl groups is 1. The van der Waals surface area contributed by atoms with Gasteiger partial charge in [-0.2, -0.15) is 0 Å². The molecule has 1 aromatic heterocycles. The molecule has 0 aliphatic heterocycles. The van der Waals surface area contributed by atoms with Crippen LogP contribution in [0.2, 0.25) is 0 Å². The summed E-state index contributed by atoms with van der Waals surface area (Å²) in [7, 11) is -1.57. The van der Waals surface area contributed by atoms with Crippen LogP contribution in [0.15, 0.2) is 12.3 Å². The molecule has 0 aromatic carbocycles. The molecule has 0 fully saturated rings. The summed E-state index contributed by atoms with van der Waals surface area (Å²) in [6, 6.07) is 1.30. The van der Waals surface area contributed by atoms with Crippen molar-refractivity contribution in [3.8, 4) is 5.75 Å². The van der Waals surface area contributed by atoms with Gasteiger partial charge >= 0.3 is 7.12 Å². The zero-order valence-electron chi connectivity index (χ0n) is 6.73. The van der Waals surface area contributed by atoms with Crippen LogP contribution in [0.25, 0.3) is 0 Å². The van der Waals surface area contributed by atoms with E-state index in [4.69, 9.17) is 10.0 Å². The van der Waals surface area contributed by atoms with E-state index < -0.39 is 7.12 Å². The predicted molar refractivity (Wildman–Crippen MR) is 45.1 cm³/mol. The number of hydrogen-bond donors (Lipinski definition) is 3. The minimum absolute atomic E-state index is 0.00287.